The van der Waals surface area contributed by atoms with Gasteiger partial charge in [0.25, 0.3) is 0 Å². The second-order valence-electron chi connectivity index (χ2n) is 3.67. The van der Waals surface area contributed by atoms with Crippen LogP contribution in [0.25, 0.3) is 0 Å². The summed E-state index contributed by atoms with van der Waals surface area (Å²) < 4.78 is 2.00. The van der Waals surface area contributed by atoms with Gasteiger partial charge in [0.15, 0.2) is 0 Å². The van der Waals surface area contributed by atoms with Crippen molar-refractivity contribution in [3.63, 3.8) is 0 Å². The van der Waals surface area contributed by atoms with Crippen LogP contribution in [0.1, 0.15) is 16.1 Å². The van der Waals surface area contributed by atoms with Crippen molar-refractivity contribution >= 4 is 50.2 Å². The minimum atomic E-state index is -1.03. The van der Waals surface area contributed by atoms with Crippen LogP contribution in [0, 0.1) is 3.57 Å². The molecule has 7 heteroatoms. The molecule has 98 valence electrons. The van der Waals surface area contributed by atoms with Crippen LogP contribution in [0.5, 0.6) is 0 Å². The first kappa shape index (κ1) is 14.2. The number of hydrogen-bond donors (Lipinski definition) is 2. The van der Waals surface area contributed by atoms with Crippen molar-refractivity contribution in [1.29, 1.82) is 0 Å². The van der Waals surface area contributed by atoms with E-state index in [0.717, 1.165) is 13.7 Å². The molecule has 0 saturated heterocycles. The van der Waals surface area contributed by atoms with Gasteiger partial charge in [-0.1, -0.05) is 0 Å². The molecular weight excluding hydrogens is 425 g/mol. The average molecular weight is 434 g/mol. The standard InChI is InChI=1S/C12H9BrIN3O2/c13-9-2-1-7(14)3-10(9)16-5-11-8(12(18)19)4-15-6-17-11/h1-4,6,16H,5H2,(H,18,19). The van der Waals surface area contributed by atoms with E-state index in [1.807, 2.05) is 18.2 Å². The maximum absolute atomic E-state index is 11.0. The van der Waals surface area contributed by atoms with Crippen LogP contribution in [0.4, 0.5) is 5.69 Å². The summed E-state index contributed by atoms with van der Waals surface area (Å²) in [5.41, 5.74) is 1.45. The number of nitrogens with one attached hydrogen (secondary N) is 1. The minimum Gasteiger partial charge on any atom is -0.478 e. The molecule has 1 aromatic heterocycles. The molecule has 0 saturated carbocycles. The Labute approximate surface area is 131 Å². The summed E-state index contributed by atoms with van der Waals surface area (Å²) in [6.45, 7) is 0.322. The summed E-state index contributed by atoms with van der Waals surface area (Å²) in [6, 6.07) is 5.87. The average Bonchev–Trinajstić information content (AvgIpc) is 2.40. The Bertz CT molecular complexity index is 622. The highest BCUT2D eigenvalue weighted by Gasteiger charge is 2.11. The fourth-order valence-electron chi connectivity index (χ4n) is 1.49. The minimum absolute atomic E-state index is 0.108. The van der Waals surface area contributed by atoms with E-state index in [-0.39, 0.29) is 5.56 Å². The fourth-order valence-corrected chi connectivity index (χ4v) is 2.36. The zero-order valence-electron chi connectivity index (χ0n) is 9.60. The van der Waals surface area contributed by atoms with Gasteiger partial charge < -0.3 is 10.4 Å². The highest BCUT2D eigenvalue weighted by atomic mass is 127. The molecule has 0 aliphatic carbocycles. The van der Waals surface area contributed by atoms with Gasteiger partial charge in [-0.15, -0.1) is 0 Å². The van der Waals surface area contributed by atoms with Crippen molar-refractivity contribution in [2.75, 3.05) is 5.32 Å². The molecule has 2 N–H and O–H groups in total. The number of carboxylic acid groups (broad SMARTS) is 1. The van der Waals surface area contributed by atoms with Gasteiger partial charge in [0.05, 0.1) is 12.2 Å². The van der Waals surface area contributed by atoms with Crippen LogP contribution in [0.15, 0.2) is 35.2 Å². The fraction of sp³-hybridized carbons (Fsp3) is 0.0833. The smallest absolute Gasteiger partial charge is 0.339 e. The van der Waals surface area contributed by atoms with E-state index in [1.54, 1.807) is 0 Å². The van der Waals surface area contributed by atoms with Crippen molar-refractivity contribution in [2.24, 2.45) is 0 Å². The number of anilines is 1. The van der Waals surface area contributed by atoms with Gasteiger partial charge in [-0.05, 0) is 56.7 Å². The van der Waals surface area contributed by atoms with Gasteiger partial charge in [0.2, 0.25) is 0 Å². The first-order valence-electron chi connectivity index (χ1n) is 5.29. The molecule has 0 amide bonds. The van der Waals surface area contributed by atoms with Gasteiger partial charge >= 0.3 is 5.97 Å². The number of aromatic carboxylic acids is 1. The maximum Gasteiger partial charge on any atom is 0.339 e. The Morgan fingerprint density at radius 3 is 3.00 bits per heavy atom. The second-order valence-corrected chi connectivity index (χ2v) is 5.77. The lowest BCUT2D eigenvalue weighted by atomic mass is 10.2. The molecule has 0 spiro atoms. The summed E-state index contributed by atoms with van der Waals surface area (Å²) in [4.78, 5) is 18.8. The van der Waals surface area contributed by atoms with Crippen LogP contribution in [0.2, 0.25) is 0 Å². The quantitative estimate of drug-likeness (QED) is 0.724. The highest BCUT2D eigenvalue weighted by molar-refractivity contribution is 14.1. The van der Waals surface area contributed by atoms with E-state index in [1.165, 1.54) is 12.5 Å². The van der Waals surface area contributed by atoms with Crippen LogP contribution in [-0.4, -0.2) is 21.0 Å². The number of hydrogen-bond acceptors (Lipinski definition) is 4. The van der Waals surface area contributed by atoms with E-state index in [2.05, 4.69) is 53.8 Å². The van der Waals surface area contributed by atoms with Gasteiger partial charge in [-0.25, -0.2) is 14.8 Å². The number of rotatable bonds is 4. The van der Waals surface area contributed by atoms with E-state index in [0.29, 0.717) is 12.2 Å². The summed E-state index contributed by atoms with van der Waals surface area (Å²) in [7, 11) is 0. The van der Waals surface area contributed by atoms with Crippen LogP contribution >= 0.6 is 38.5 Å². The summed E-state index contributed by atoms with van der Waals surface area (Å²) in [5.74, 6) is -1.03. The zero-order chi connectivity index (χ0) is 13.8. The predicted octanol–water partition coefficient (Wildman–Crippen LogP) is 3.15. The molecular formula is C12H9BrIN3O2. The number of halogens is 2. The van der Waals surface area contributed by atoms with Crippen LogP contribution < -0.4 is 5.32 Å². The Balaban J connectivity index is 2.19. The lowest BCUT2D eigenvalue weighted by molar-refractivity contribution is 0.0694. The van der Waals surface area contributed by atoms with Crippen molar-refractivity contribution in [2.45, 2.75) is 6.54 Å². The second kappa shape index (κ2) is 6.29. The zero-order valence-corrected chi connectivity index (χ0v) is 13.3. The third-order valence-corrected chi connectivity index (χ3v) is 3.76. The largest absolute Gasteiger partial charge is 0.478 e. The van der Waals surface area contributed by atoms with Crippen molar-refractivity contribution in [3.8, 4) is 0 Å². The molecule has 2 rings (SSSR count). The Morgan fingerprint density at radius 2 is 2.26 bits per heavy atom. The molecule has 0 aliphatic rings. The van der Waals surface area contributed by atoms with Gasteiger partial charge in [-0.3, -0.25) is 0 Å². The first-order valence-corrected chi connectivity index (χ1v) is 7.16. The molecule has 1 heterocycles. The molecule has 0 atom stereocenters. The lowest BCUT2D eigenvalue weighted by Gasteiger charge is -2.10. The number of benzene rings is 1. The molecule has 0 bridgehead atoms. The number of carboxylic acids is 1. The number of nitrogens with zero attached hydrogens (tertiary/aromatic N) is 2. The molecule has 0 fully saturated rings. The monoisotopic (exact) mass is 433 g/mol. The Hall–Kier alpha value is -1.22. The third-order valence-electron chi connectivity index (χ3n) is 2.40. The highest BCUT2D eigenvalue weighted by Crippen LogP contribution is 2.25. The predicted molar refractivity (Wildman–Crippen MR) is 83.2 cm³/mol. The Kier molecular flexibility index (Phi) is 4.70. The maximum atomic E-state index is 11.0. The Morgan fingerprint density at radius 1 is 1.47 bits per heavy atom. The molecule has 0 unspecified atom stereocenters. The van der Waals surface area contributed by atoms with Crippen molar-refractivity contribution < 1.29 is 9.90 Å². The van der Waals surface area contributed by atoms with Gasteiger partial charge in [0.1, 0.15) is 11.9 Å². The van der Waals surface area contributed by atoms with E-state index < -0.39 is 5.97 Å². The van der Waals surface area contributed by atoms with Crippen molar-refractivity contribution in [3.05, 3.63) is 50.0 Å². The van der Waals surface area contributed by atoms with E-state index >= 15 is 0 Å². The first-order chi connectivity index (χ1) is 9.08. The molecule has 19 heavy (non-hydrogen) atoms. The van der Waals surface area contributed by atoms with Gasteiger partial charge in [0, 0.05) is 19.9 Å². The van der Waals surface area contributed by atoms with E-state index in [4.69, 9.17) is 5.11 Å². The molecule has 0 radical (unpaired) electrons. The van der Waals surface area contributed by atoms with E-state index in [9.17, 15) is 4.79 Å². The van der Waals surface area contributed by atoms with Gasteiger partial charge in [-0.2, -0.15) is 0 Å². The summed E-state index contributed by atoms with van der Waals surface area (Å²) >= 11 is 5.65. The lowest BCUT2D eigenvalue weighted by Crippen LogP contribution is -2.10. The molecule has 1 aromatic carbocycles. The van der Waals surface area contributed by atoms with Crippen molar-refractivity contribution in [1.82, 2.24) is 9.97 Å². The number of aromatic nitrogens is 2. The van der Waals surface area contributed by atoms with Crippen LogP contribution in [-0.2, 0) is 6.54 Å². The SMILES string of the molecule is O=C(O)c1cncnc1CNc1cc(I)ccc1Br. The third kappa shape index (κ3) is 3.63. The topological polar surface area (TPSA) is 75.1 Å². The molecule has 5 nitrogen and oxygen atoms in total. The summed E-state index contributed by atoms with van der Waals surface area (Å²) in [5, 5.41) is 12.2. The number of carbonyl (C=O) groups is 1. The summed E-state index contributed by atoms with van der Waals surface area (Å²) in [6.07, 6.45) is 2.64. The molecule has 0 aliphatic heterocycles. The normalized spacial score (nSPS) is 10.2. The molecule has 2 aromatic rings. The van der Waals surface area contributed by atoms with Crippen LogP contribution in [0.3, 0.4) is 0 Å².